The van der Waals surface area contributed by atoms with Gasteiger partial charge < -0.3 is 15.7 Å². The third-order valence-electron chi connectivity index (χ3n) is 3.88. The van der Waals surface area contributed by atoms with E-state index in [2.05, 4.69) is 0 Å². The number of amides is 1. The second-order valence-corrected chi connectivity index (χ2v) is 5.48. The molecule has 0 aromatic heterocycles. The van der Waals surface area contributed by atoms with E-state index in [1.807, 2.05) is 36.1 Å². The minimum absolute atomic E-state index is 0.0687. The van der Waals surface area contributed by atoms with Gasteiger partial charge in [-0.1, -0.05) is 24.3 Å². The van der Waals surface area contributed by atoms with Gasteiger partial charge >= 0.3 is 0 Å². The van der Waals surface area contributed by atoms with Gasteiger partial charge in [-0.25, -0.2) is 0 Å². The first-order valence-corrected chi connectivity index (χ1v) is 6.98. The quantitative estimate of drug-likeness (QED) is 0.908. The molecule has 0 saturated heterocycles. The number of hydrogen-bond acceptors (Lipinski definition) is 3. The van der Waals surface area contributed by atoms with Gasteiger partial charge in [0.05, 0.1) is 0 Å². The van der Waals surface area contributed by atoms with Crippen LogP contribution in [-0.4, -0.2) is 15.9 Å². The van der Waals surface area contributed by atoms with E-state index < -0.39 is 0 Å². The second kappa shape index (κ2) is 5.22. The fourth-order valence-electron chi connectivity index (χ4n) is 2.87. The Balaban J connectivity index is 1.86. The van der Waals surface area contributed by atoms with Crippen LogP contribution in [-0.2, 0) is 19.6 Å². The van der Waals surface area contributed by atoms with Crippen molar-refractivity contribution >= 4 is 5.91 Å². The molecular formula is C17H18N2O2. The molecule has 3 N–H and O–H groups in total. The highest BCUT2D eigenvalue weighted by Crippen LogP contribution is 2.28. The van der Waals surface area contributed by atoms with Crippen LogP contribution in [0.3, 0.4) is 0 Å². The number of phenols is 1. The number of phenolic OH excluding ortho intramolecular Hbond substituents is 1. The Kier molecular flexibility index (Phi) is 3.39. The Bertz CT molecular complexity index is 693. The zero-order valence-electron chi connectivity index (χ0n) is 12.0. The van der Waals surface area contributed by atoms with E-state index in [0.29, 0.717) is 19.6 Å². The van der Waals surface area contributed by atoms with Crippen molar-refractivity contribution in [2.24, 2.45) is 5.73 Å². The Labute approximate surface area is 123 Å². The summed E-state index contributed by atoms with van der Waals surface area (Å²) < 4.78 is 0. The molecule has 1 aliphatic heterocycles. The van der Waals surface area contributed by atoms with E-state index in [9.17, 15) is 9.90 Å². The molecule has 1 heterocycles. The molecule has 1 amide bonds. The van der Waals surface area contributed by atoms with Crippen molar-refractivity contribution in [3.63, 3.8) is 0 Å². The van der Waals surface area contributed by atoms with Crippen LogP contribution in [0.2, 0.25) is 0 Å². The van der Waals surface area contributed by atoms with Crippen molar-refractivity contribution in [2.45, 2.75) is 26.6 Å². The van der Waals surface area contributed by atoms with Crippen molar-refractivity contribution in [3.8, 4) is 5.75 Å². The predicted molar refractivity (Wildman–Crippen MR) is 80.8 cm³/mol. The lowest BCUT2D eigenvalue weighted by atomic mass is 10.0. The number of carbonyl (C=O) groups is 1. The lowest BCUT2D eigenvalue weighted by Crippen LogP contribution is -2.23. The third kappa shape index (κ3) is 2.50. The summed E-state index contributed by atoms with van der Waals surface area (Å²) in [6.07, 6.45) is 0. The molecule has 1 aliphatic rings. The van der Waals surface area contributed by atoms with Gasteiger partial charge in [0, 0.05) is 25.2 Å². The summed E-state index contributed by atoms with van der Waals surface area (Å²) in [5, 5.41) is 9.31. The molecule has 3 rings (SSSR count). The maximum Gasteiger partial charge on any atom is 0.255 e. The molecule has 0 saturated carbocycles. The first-order chi connectivity index (χ1) is 10.1. The Morgan fingerprint density at radius 3 is 2.57 bits per heavy atom. The molecule has 0 radical (unpaired) electrons. The number of nitrogens with two attached hydrogens (primary N) is 1. The Morgan fingerprint density at radius 2 is 1.90 bits per heavy atom. The van der Waals surface area contributed by atoms with Crippen LogP contribution in [0.5, 0.6) is 5.75 Å². The molecule has 21 heavy (non-hydrogen) atoms. The topological polar surface area (TPSA) is 66.6 Å². The molecule has 0 unspecified atom stereocenters. The van der Waals surface area contributed by atoms with Crippen LogP contribution < -0.4 is 5.73 Å². The molecule has 2 aromatic carbocycles. The number of fused-ring (bicyclic) bond motifs is 1. The standard InChI is InChI=1S/C17H18N2O2/c1-11-6-13(8-18)7-14-10-19(17(21)16(11)14)9-12-2-4-15(20)5-3-12/h2-7,20H,8-10,18H2,1H3. The fourth-order valence-corrected chi connectivity index (χ4v) is 2.87. The van der Waals surface area contributed by atoms with Gasteiger partial charge in [0.15, 0.2) is 0 Å². The van der Waals surface area contributed by atoms with Gasteiger partial charge in [-0.15, -0.1) is 0 Å². The number of rotatable bonds is 3. The highest BCUT2D eigenvalue weighted by atomic mass is 16.3. The number of benzene rings is 2. The van der Waals surface area contributed by atoms with Gasteiger partial charge in [-0.3, -0.25) is 4.79 Å². The first kappa shape index (κ1) is 13.6. The van der Waals surface area contributed by atoms with Crippen molar-refractivity contribution in [3.05, 3.63) is 64.2 Å². The summed E-state index contributed by atoms with van der Waals surface area (Å²) in [6, 6.07) is 11.0. The fraction of sp³-hybridized carbons (Fsp3) is 0.235. The van der Waals surface area contributed by atoms with E-state index in [1.165, 1.54) is 0 Å². The van der Waals surface area contributed by atoms with Gasteiger partial charge in [0.1, 0.15) is 5.75 Å². The van der Waals surface area contributed by atoms with Crippen molar-refractivity contribution in [2.75, 3.05) is 0 Å². The zero-order chi connectivity index (χ0) is 15.0. The molecule has 108 valence electrons. The zero-order valence-corrected chi connectivity index (χ0v) is 12.0. The van der Waals surface area contributed by atoms with Crippen LogP contribution in [0.15, 0.2) is 36.4 Å². The average molecular weight is 282 g/mol. The Morgan fingerprint density at radius 1 is 1.19 bits per heavy atom. The lowest BCUT2D eigenvalue weighted by Gasteiger charge is -2.15. The van der Waals surface area contributed by atoms with E-state index in [1.54, 1.807) is 12.1 Å². The number of aromatic hydroxyl groups is 1. The minimum atomic E-state index is 0.0687. The molecular weight excluding hydrogens is 264 g/mol. The van der Waals surface area contributed by atoms with E-state index in [4.69, 9.17) is 5.73 Å². The summed E-state index contributed by atoms with van der Waals surface area (Å²) in [7, 11) is 0. The number of nitrogens with zero attached hydrogens (tertiary/aromatic N) is 1. The summed E-state index contributed by atoms with van der Waals surface area (Å²) >= 11 is 0. The molecule has 0 bridgehead atoms. The van der Waals surface area contributed by atoms with Gasteiger partial charge in [0.25, 0.3) is 5.91 Å². The highest BCUT2D eigenvalue weighted by Gasteiger charge is 2.29. The molecule has 0 atom stereocenters. The van der Waals surface area contributed by atoms with Crippen LogP contribution in [0, 0.1) is 6.92 Å². The van der Waals surface area contributed by atoms with E-state index in [0.717, 1.165) is 27.8 Å². The lowest BCUT2D eigenvalue weighted by molar-refractivity contribution is 0.0766. The molecule has 0 aliphatic carbocycles. The largest absolute Gasteiger partial charge is 0.508 e. The molecule has 0 spiro atoms. The van der Waals surface area contributed by atoms with E-state index in [-0.39, 0.29) is 11.7 Å². The smallest absolute Gasteiger partial charge is 0.255 e. The first-order valence-electron chi connectivity index (χ1n) is 6.98. The summed E-state index contributed by atoms with van der Waals surface area (Å²) in [5.74, 6) is 0.303. The second-order valence-electron chi connectivity index (χ2n) is 5.48. The predicted octanol–water partition coefficient (Wildman–Crippen LogP) is 2.32. The number of carbonyl (C=O) groups excluding carboxylic acids is 1. The molecule has 2 aromatic rings. The summed E-state index contributed by atoms with van der Waals surface area (Å²) in [4.78, 5) is 14.4. The molecule has 4 nitrogen and oxygen atoms in total. The minimum Gasteiger partial charge on any atom is -0.508 e. The molecule has 0 fully saturated rings. The average Bonchev–Trinajstić information content (AvgIpc) is 2.78. The summed E-state index contributed by atoms with van der Waals surface area (Å²) in [5.41, 5.74) is 10.6. The van der Waals surface area contributed by atoms with Crippen LogP contribution >= 0.6 is 0 Å². The summed E-state index contributed by atoms with van der Waals surface area (Å²) in [6.45, 7) is 3.61. The highest BCUT2D eigenvalue weighted by molar-refractivity contribution is 5.99. The van der Waals surface area contributed by atoms with Crippen LogP contribution in [0.4, 0.5) is 0 Å². The van der Waals surface area contributed by atoms with Crippen molar-refractivity contribution in [1.29, 1.82) is 0 Å². The monoisotopic (exact) mass is 282 g/mol. The van der Waals surface area contributed by atoms with Gasteiger partial charge in [0.2, 0.25) is 0 Å². The Hall–Kier alpha value is -2.33. The normalized spacial score (nSPS) is 13.6. The van der Waals surface area contributed by atoms with Gasteiger partial charge in [-0.2, -0.15) is 0 Å². The third-order valence-corrected chi connectivity index (χ3v) is 3.88. The maximum atomic E-state index is 12.5. The van der Waals surface area contributed by atoms with Crippen molar-refractivity contribution in [1.82, 2.24) is 4.90 Å². The SMILES string of the molecule is Cc1cc(CN)cc2c1C(=O)N(Cc1ccc(O)cc1)C2. The van der Waals surface area contributed by atoms with Crippen LogP contribution in [0.25, 0.3) is 0 Å². The molecule has 4 heteroatoms. The number of aryl methyl sites for hydroxylation is 1. The maximum absolute atomic E-state index is 12.5. The number of hydrogen-bond donors (Lipinski definition) is 2. The van der Waals surface area contributed by atoms with Crippen molar-refractivity contribution < 1.29 is 9.90 Å². The van der Waals surface area contributed by atoms with E-state index >= 15 is 0 Å². The van der Waals surface area contributed by atoms with Gasteiger partial charge in [-0.05, 0) is 41.3 Å². The van der Waals surface area contributed by atoms with Crippen LogP contribution in [0.1, 0.15) is 32.6 Å².